The van der Waals surface area contributed by atoms with Crippen LogP contribution in [0.2, 0.25) is 0 Å². The summed E-state index contributed by atoms with van der Waals surface area (Å²) in [4.78, 5) is 4.08. The number of halogens is 1. The molecule has 0 aromatic carbocycles. The highest BCUT2D eigenvalue weighted by molar-refractivity contribution is 9.10. The van der Waals surface area contributed by atoms with Crippen molar-refractivity contribution in [2.75, 3.05) is 0 Å². The van der Waals surface area contributed by atoms with Gasteiger partial charge in [0.15, 0.2) is 0 Å². The first kappa shape index (κ1) is 10.1. The van der Waals surface area contributed by atoms with Crippen molar-refractivity contribution < 1.29 is 5.11 Å². The predicted molar refractivity (Wildman–Crippen MR) is 57.8 cm³/mol. The quantitative estimate of drug-likeness (QED) is 0.861. The molecule has 0 amide bonds. The number of hydrogen-bond acceptors (Lipinski definition) is 3. The van der Waals surface area contributed by atoms with Gasteiger partial charge in [0.1, 0.15) is 0 Å². The first-order valence-electron chi connectivity index (χ1n) is 4.75. The molecule has 0 unspecified atom stereocenters. The van der Waals surface area contributed by atoms with Crippen molar-refractivity contribution in [3.8, 4) is 0 Å². The molecule has 1 aliphatic rings. The summed E-state index contributed by atoms with van der Waals surface area (Å²) in [5, 5.41) is 12.5. The summed E-state index contributed by atoms with van der Waals surface area (Å²) in [6, 6.07) is 2.53. The number of pyridine rings is 1. The van der Waals surface area contributed by atoms with Crippen molar-refractivity contribution in [1.29, 1.82) is 0 Å². The van der Waals surface area contributed by atoms with Crippen LogP contribution in [0.1, 0.15) is 18.4 Å². The minimum atomic E-state index is -0.0897. The zero-order chi connectivity index (χ0) is 9.97. The average molecular weight is 257 g/mol. The van der Waals surface area contributed by atoms with E-state index >= 15 is 0 Å². The van der Waals surface area contributed by atoms with E-state index in [9.17, 15) is 0 Å². The van der Waals surface area contributed by atoms with Crippen LogP contribution < -0.4 is 5.32 Å². The van der Waals surface area contributed by atoms with Crippen molar-refractivity contribution >= 4 is 15.9 Å². The first-order valence-corrected chi connectivity index (χ1v) is 5.54. The van der Waals surface area contributed by atoms with Crippen molar-refractivity contribution in [2.45, 2.75) is 31.5 Å². The Morgan fingerprint density at radius 2 is 2.29 bits per heavy atom. The van der Waals surface area contributed by atoms with Crippen LogP contribution >= 0.6 is 15.9 Å². The second kappa shape index (κ2) is 4.38. The molecule has 0 saturated heterocycles. The lowest BCUT2D eigenvalue weighted by Gasteiger charge is -2.32. The van der Waals surface area contributed by atoms with Gasteiger partial charge in [0.05, 0.1) is 6.10 Å². The van der Waals surface area contributed by atoms with Gasteiger partial charge in [0.25, 0.3) is 0 Å². The van der Waals surface area contributed by atoms with Gasteiger partial charge in [-0.2, -0.15) is 0 Å². The molecule has 0 radical (unpaired) electrons. The fourth-order valence-corrected chi connectivity index (χ4v) is 1.98. The molecule has 0 atom stereocenters. The number of aliphatic hydroxyl groups excluding tert-OH is 1. The Labute approximate surface area is 91.7 Å². The average Bonchev–Trinajstić information content (AvgIpc) is 2.11. The molecular weight excluding hydrogens is 244 g/mol. The minimum Gasteiger partial charge on any atom is -0.393 e. The second-order valence-corrected chi connectivity index (χ2v) is 4.63. The summed E-state index contributed by atoms with van der Waals surface area (Å²) in [5.74, 6) is 0. The molecule has 2 N–H and O–H groups in total. The Morgan fingerprint density at radius 1 is 1.50 bits per heavy atom. The van der Waals surface area contributed by atoms with Gasteiger partial charge in [0, 0.05) is 29.5 Å². The fourth-order valence-electron chi connectivity index (χ4n) is 1.57. The number of nitrogens with one attached hydrogen (secondary N) is 1. The molecule has 1 aromatic heterocycles. The summed E-state index contributed by atoms with van der Waals surface area (Å²) in [6.45, 7) is 0.823. The van der Waals surface area contributed by atoms with Crippen molar-refractivity contribution in [3.05, 3.63) is 28.5 Å². The molecule has 2 rings (SSSR count). The van der Waals surface area contributed by atoms with Crippen LogP contribution in [0.3, 0.4) is 0 Å². The minimum absolute atomic E-state index is 0.0897. The largest absolute Gasteiger partial charge is 0.393 e. The van der Waals surface area contributed by atoms with E-state index < -0.39 is 0 Å². The summed E-state index contributed by atoms with van der Waals surface area (Å²) in [6.07, 6.45) is 5.29. The highest BCUT2D eigenvalue weighted by atomic mass is 79.9. The van der Waals surface area contributed by atoms with Crippen LogP contribution in [-0.2, 0) is 6.54 Å². The van der Waals surface area contributed by atoms with E-state index in [1.54, 1.807) is 6.20 Å². The number of aromatic nitrogens is 1. The van der Waals surface area contributed by atoms with Gasteiger partial charge >= 0.3 is 0 Å². The summed E-state index contributed by atoms with van der Waals surface area (Å²) < 4.78 is 1.01. The molecule has 0 aliphatic heterocycles. The van der Waals surface area contributed by atoms with Crippen LogP contribution in [0.25, 0.3) is 0 Å². The fraction of sp³-hybridized carbons (Fsp3) is 0.500. The van der Waals surface area contributed by atoms with E-state index in [-0.39, 0.29) is 6.10 Å². The van der Waals surface area contributed by atoms with E-state index in [0.29, 0.717) is 6.04 Å². The molecule has 0 bridgehead atoms. The predicted octanol–water partition coefficient (Wildman–Crippen LogP) is 1.46. The lowest BCUT2D eigenvalue weighted by molar-refractivity contribution is 0.0619. The summed E-state index contributed by atoms with van der Waals surface area (Å²) >= 11 is 3.38. The molecule has 1 fully saturated rings. The first-order chi connectivity index (χ1) is 6.74. The van der Waals surface area contributed by atoms with Crippen LogP contribution in [-0.4, -0.2) is 22.2 Å². The Morgan fingerprint density at radius 3 is 2.93 bits per heavy atom. The van der Waals surface area contributed by atoms with Gasteiger partial charge < -0.3 is 10.4 Å². The van der Waals surface area contributed by atoms with Crippen LogP contribution in [0.4, 0.5) is 0 Å². The standard InChI is InChI=1S/C10H13BrN2O/c11-8-1-7(4-12-6-8)5-13-9-2-10(14)3-9/h1,4,6,9-10,13-14H,2-3,5H2. The van der Waals surface area contributed by atoms with Gasteiger partial charge in [-0.1, -0.05) is 0 Å². The molecule has 1 saturated carbocycles. The topological polar surface area (TPSA) is 45.1 Å². The zero-order valence-electron chi connectivity index (χ0n) is 7.78. The number of rotatable bonds is 3. The normalized spacial score (nSPS) is 25.9. The zero-order valence-corrected chi connectivity index (χ0v) is 9.37. The van der Waals surface area contributed by atoms with E-state index in [1.807, 2.05) is 6.20 Å². The van der Waals surface area contributed by atoms with Crippen molar-refractivity contribution in [2.24, 2.45) is 0 Å². The van der Waals surface area contributed by atoms with Crippen LogP contribution in [0, 0.1) is 0 Å². The van der Waals surface area contributed by atoms with Gasteiger partial charge in [-0.05, 0) is 40.4 Å². The Hall–Kier alpha value is -0.450. The van der Waals surface area contributed by atoms with E-state index in [0.717, 1.165) is 23.9 Å². The van der Waals surface area contributed by atoms with E-state index in [4.69, 9.17) is 5.11 Å². The lowest BCUT2D eigenvalue weighted by atomic mass is 9.89. The summed E-state index contributed by atoms with van der Waals surface area (Å²) in [7, 11) is 0. The highest BCUT2D eigenvalue weighted by Crippen LogP contribution is 2.20. The molecular formula is C10H13BrN2O. The molecule has 76 valence electrons. The van der Waals surface area contributed by atoms with Crippen molar-refractivity contribution in [1.82, 2.24) is 10.3 Å². The van der Waals surface area contributed by atoms with Gasteiger partial charge in [-0.3, -0.25) is 4.98 Å². The van der Waals surface area contributed by atoms with Gasteiger partial charge in [-0.25, -0.2) is 0 Å². The maximum atomic E-state index is 9.10. The number of hydrogen-bond donors (Lipinski definition) is 2. The Balaban J connectivity index is 1.80. The van der Waals surface area contributed by atoms with Gasteiger partial charge in [0.2, 0.25) is 0 Å². The highest BCUT2D eigenvalue weighted by Gasteiger charge is 2.26. The molecule has 1 heterocycles. The Bertz CT molecular complexity index is 313. The second-order valence-electron chi connectivity index (χ2n) is 3.71. The van der Waals surface area contributed by atoms with Gasteiger partial charge in [-0.15, -0.1) is 0 Å². The molecule has 4 heteroatoms. The SMILES string of the molecule is OC1CC(NCc2cncc(Br)c2)C1. The van der Waals surface area contributed by atoms with E-state index in [2.05, 4.69) is 32.3 Å². The molecule has 14 heavy (non-hydrogen) atoms. The van der Waals surface area contributed by atoms with E-state index in [1.165, 1.54) is 5.56 Å². The maximum Gasteiger partial charge on any atom is 0.0570 e. The third kappa shape index (κ3) is 2.53. The van der Waals surface area contributed by atoms with Crippen LogP contribution in [0.5, 0.6) is 0 Å². The molecule has 3 nitrogen and oxygen atoms in total. The molecule has 1 aromatic rings. The third-order valence-corrected chi connectivity index (χ3v) is 2.90. The number of aliphatic hydroxyl groups is 1. The summed E-state index contributed by atoms with van der Waals surface area (Å²) in [5.41, 5.74) is 1.17. The smallest absolute Gasteiger partial charge is 0.0570 e. The molecule has 0 spiro atoms. The van der Waals surface area contributed by atoms with Crippen molar-refractivity contribution in [3.63, 3.8) is 0 Å². The number of nitrogens with zero attached hydrogens (tertiary/aromatic N) is 1. The molecule has 1 aliphatic carbocycles. The Kier molecular flexibility index (Phi) is 3.15. The third-order valence-electron chi connectivity index (χ3n) is 2.47. The maximum absolute atomic E-state index is 9.10. The lowest BCUT2D eigenvalue weighted by Crippen LogP contribution is -2.43. The van der Waals surface area contributed by atoms with Crippen LogP contribution in [0.15, 0.2) is 22.9 Å². The monoisotopic (exact) mass is 256 g/mol.